The number of aromatic amines is 1. The molecule has 2 aromatic rings. The summed E-state index contributed by atoms with van der Waals surface area (Å²) in [5.74, 6) is -0.698. The van der Waals surface area contributed by atoms with Crippen LogP contribution in [-0.2, 0) is 0 Å². The van der Waals surface area contributed by atoms with Gasteiger partial charge in [-0.05, 0) is 18.6 Å². The van der Waals surface area contributed by atoms with E-state index in [-0.39, 0.29) is 27.1 Å². The molecular weight excluding hydrogens is 328 g/mol. The van der Waals surface area contributed by atoms with Gasteiger partial charge in [0.05, 0.1) is 10.0 Å². The molecule has 4 nitrogen and oxygen atoms in total. The van der Waals surface area contributed by atoms with Crippen LogP contribution in [-0.4, -0.2) is 42.0 Å². The van der Waals surface area contributed by atoms with Crippen LogP contribution in [0.5, 0.6) is 0 Å². The van der Waals surface area contributed by atoms with Gasteiger partial charge in [0.1, 0.15) is 11.5 Å². The Balaban J connectivity index is 1.70. The summed E-state index contributed by atoms with van der Waals surface area (Å²) in [5.41, 5.74) is 1.07. The number of nitrogens with one attached hydrogen (secondary N) is 2. The average Bonchev–Trinajstić information content (AvgIpc) is 3.05. The van der Waals surface area contributed by atoms with E-state index < -0.39 is 5.82 Å². The highest BCUT2D eigenvalue weighted by molar-refractivity contribution is 6.44. The Labute approximate surface area is 136 Å². The van der Waals surface area contributed by atoms with Crippen molar-refractivity contribution in [2.75, 3.05) is 26.2 Å². The number of hydrogen-bond donors (Lipinski definition) is 2. The maximum atomic E-state index is 13.6. The number of halogens is 3. The Kier molecular flexibility index (Phi) is 3.15. The van der Waals surface area contributed by atoms with E-state index >= 15 is 0 Å². The van der Waals surface area contributed by atoms with Gasteiger partial charge in [0, 0.05) is 42.5 Å². The molecule has 0 bridgehead atoms. The highest BCUT2D eigenvalue weighted by atomic mass is 35.5. The van der Waals surface area contributed by atoms with Crippen molar-refractivity contribution in [3.05, 3.63) is 33.7 Å². The molecule has 0 aliphatic carbocycles. The molecule has 3 heterocycles. The van der Waals surface area contributed by atoms with Crippen LogP contribution in [0.4, 0.5) is 4.39 Å². The second-order valence-electron chi connectivity index (χ2n) is 6.18. The van der Waals surface area contributed by atoms with Crippen molar-refractivity contribution >= 4 is 40.0 Å². The van der Waals surface area contributed by atoms with Crippen LogP contribution in [0.3, 0.4) is 0 Å². The minimum atomic E-state index is -0.547. The second-order valence-corrected chi connectivity index (χ2v) is 6.93. The first-order valence-electron chi connectivity index (χ1n) is 7.16. The number of carbonyl (C=O) groups excluding carboxylic acids is 1. The third-order valence-corrected chi connectivity index (χ3v) is 5.48. The number of likely N-dealkylation sites (tertiary alicyclic amines) is 1. The van der Waals surface area contributed by atoms with E-state index in [9.17, 15) is 9.18 Å². The van der Waals surface area contributed by atoms with Gasteiger partial charge in [-0.25, -0.2) is 4.39 Å². The minimum Gasteiger partial charge on any atom is -0.349 e. The van der Waals surface area contributed by atoms with Crippen LogP contribution in [0.15, 0.2) is 12.1 Å². The largest absolute Gasteiger partial charge is 0.349 e. The van der Waals surface area contributed by atoms with Crippen molar-refractivity contribution in [2.45, 2.75) is 6.42 Å². The van der Waals surface area contributed by atoms with Crippen molar-refractivity contribution in [3.63, 3.8) is 0 Å². The summed E-state index contributed by atoms with van der Waals surface area (Å²) in [4.78, 5) is 17.5. The van der Waals surface area contributed by atoms with E-state index in [1.54, 1.807) is 6.07 Å². The van der Waals surface area contributed by atoms with Gasteiger partial charge in [0.2, 0.25) is 0 Å². The highest BCUT2D eigenvalue weighted by Gasteiger charge is 2.44. The molecule has 2 fully saturated rings. The summed E-state index contributed by atoms with van der Waals surface area (Å²) in [7, 11) is 0. The number of aromatic nitrogens is 1. The first-order valence-corrected chi connectivity index (χ1v) is 7.92. The summed E-state index contributed by atoms with van der Waals surface area (Å²) < 4.78 is 13.6. The number of benzene rings is 1. The molecule has 4 rings (SSSR count). The standard InChI is InChI=1S/C15H14Cl2FN3O/c16-11-8(18)1-2-9-10(11)12(17)13(20-9)14(22)21-4-3-15(7-21)5-19-6-15/h1-2,19-20H,3-7H2. The van der Waals surface area contributed by atoms with Crippen LogP contribution in [0.1, 0.15) is 16.9 Å². The molecule has 7 heteroatoms. The number of fused-ring (bicyclic) bond motifs is 1. The molecule has 116 valence electrons. The number of H-pyrrole nitrogens is 1. The number of hydrogen-bond acceptors (Lipinski definition) is 2. The molecule has 2 aliphatic heterocycles. The van der Waals surface area contributed by atoms with Gasteiger partial charge in [-0.15, -0.1) is 0 Å². The Bertz CT molecular complexity index is 785. The Morgan fingerprint density at radius 1 is 1.27 bits per heavy atom. The molecule has 1 aromatic carbocycles. The number of rotatable bonds is 1. The van der Waals surface area contributed by atoms with Crippen LogP contribution in [0.2, 0.25) is 10.0 Å². The third-order valence-electron chi connectivity index (χ3n) is 4.73. The SMILES string of the molecule is O=C(c1[nH]c2ccc(F)c(Cl)c2c1Cl)N1CCC2(CNC2)C1. The summed E-state index contributed by atoms with van der Waals surface area (Å²) in [6, 6.07) is 2.80. The van der Waals surface area contributed by atoms with E-state index in [1.165, 1.54) is 6.07 Å². The predicted octanol–water partition coefficient (Wildman–Crippen LogP) is 3.05. The van der Waals surface area contributed by atoms with Crippen molar-refractivity contribution in [1.82, 2.24) is 15.2 Å². The smallest absolute Gasteiger partial charge is 0.271 e. The van der Waals surface area contributed by atoms with Crippen molar-refractivity contribution in [3.8, 4) is 0 Å². The normalized spacial score (nSPS) is 19.9. The maximum Gasteiger partial charge on any atom is 0.271 e. The van der Waals surface area contributed by atoms with Crippen LogP contribution >= 0.6 is 23.2 Å². The van der Waals surface area contributed by atoms with Crippen molar-refractivity contribution in [2.24, 2.45) is 5.41 Å². The highest BCUT2D eigenvalue weighted by Crippen LogP contribution is 2.38. The zero-order valence-electron chi connectivity index (χ0n) is 11.7. The molecule has 22 heavy (non-hydrogen) atoms. The van der Waals surface area contributed by atoms with E-state index in [2.05, 4.69) is 10.3 Å². The molecule has 1 aromatic heterocycles. The Hall–Kier alpha value is -1.30. The lowest BCUT2D eigenvalue weighted by atomic mass is 9.81. The van der Waals surface area contributed by atoms with Crippen molar-refractivity contribution < 1.29 is 9.18 Å². The van der Waals surface area contributed by atoms with Crippen molar-refractivity contribution in [1.29, 1.82) is 0 Å². The molecule has 2 aliphatic rings. The minimum absolute atomic E-state index is 0.0566. The van der Waals surface area contributed by atoms with E-state index in [0.29, 0.717) is 17.4 Å². The molecule has 2 N–H and O–H groups in total. The van der Waals surface area contributed by atoms with Gasteiger partial charge < -0.3 is 15.2 Å². The summed E-state index contributed by atoms with van der Waals surface area (Å²) in [5, 5.41) is 3.76. The zero-order valence-corrected chi connectivity index (χ0v) is 13.2. The number of carbonyl (C=O) groups is 1. The number of nitrogens with zero attached hydrogens (tertiary/aromatic N) is 1. The Morgan fingerprint density at radius 3 is 2.68 bits per heavy atom. The lowest BCUT2D eigenvalue weighted by molar-refractivity contribution is 0.0747. The van der Waals surface area contributed by atoms with Gasteiger partial charge in [-0.2, -0.15) is 0 Å². The quantitative estimate of drug-likeness (QED) is 0.837. The fourth-order valence-electron chi connectivity index (χ4n) is 3.37. The fourth-order valence-corrected chi connectivity index (χ4v) is 4.00. The van der Waals surface area contributed by atoms with Gasteiger partial charge in [0.15, 0.2) is 0 Å². The summed E-state index contributed by atoms with van der Waals surface area (Å²) >= 11 is 12.3. The predicted molar refractivity (Wildman–Crippen MR) is 84.1 cm³/mol. The van der Waals surface area contributed by atoms with Gasteiger partial charge in [-0.1, -0.05) is 23.2 Å². The molecule has 1 amide bonds. The van der Waals surface area contributed by atoms with E-state index in [1.807, 2.05) is 4.90 Å². The van der Waals surface area contributed by atoms with E-state index in [4.69, 9.17) is 23.2 Å². The zero-order chi connectivity index (χ0) is 15.5. The number of amides is 1. The molecule has 0 radical (unpaired) electrons. The van der Waals surface area contributed by atoms with E-state index in [0.717, 1.165) is 26.1 Å². The van der Waals surface area contributed by atoms with Crippen LogP contribution in [0, 0.1) is 11.2 Å². The van der Waals surface area contributed by atoms with Crippen LogP contribution in [0.25, 0.3) is 10.9 Å². The fraction of sp³-hybridized carbons (Fsp3) is 0.400. The molecular formula is C15H14Cl2FN3O. The lowest BCUT2D eigenvalue weighted by Crippen LogP contribution is -2.55. The third kappa shape index (κ3) is 1.96. The first-order chi connectivity index (χ1) is 10.5. The summed E-state index contributed by atoms with van der Waals surface area (Å²) in [6.45, 7) is 3.35. The monoisotopic (exact) mass is 341 g/mol. The van der Waals surface area contributed by atoms with Gasteiger partial charge in [-0.3, -0.25) is 4.79 Å². The summed E-state index contributed by atoms with van der Waals surface area (Å²) in [6.07, 6.45) is 0.999. The molecule has 0 atom stereocenters. The second kappa shape index (κ2) is 4.85. The van der Waals surface area contributed by atoms with Gasteiger partial charge >= 0.3 is 0 Å². The molecule has 1 spiro atoms. The Morgan fingerprint density at radius 2 is 2.05 bits per heavy atom. The lowest BCUT2D eigenvalue weighted by Gasteiger charge is -2.38. The van der Waals surface area contributed by atoms with Crippen LogP contribution < -0.4 is 5.32 Å². The molecule has 0 unspecified atom stereocenters. The molecule has 2 saturated heterocycles. The average molecular weight is 342 g/mol. The molecule has 0 saturated carbocycles. The maximum absolute atomic E-state index is 13.6. The topological polar surface area (TPSA) is 48.1 Å². The first kappa shape index (κ1) is 14.3. The van der Waals surface area contributed by atoms with Gasteiger partial charge in [0.25, 0.3) is 5.91 Å².